The molecule has 1 heterocycles. The van der Waals surface area contributed by atoms with E-state index in [0.29, 0.717) is 11.3 Å². The van der Waals surface area contributed by atoms with Crippen LogP contribution >= 0.6 is 11.8 Å². The summed E-state index contributed by atoms with van der Waals surface area (Å²) in [5.74, 6) is 1.41. The molecule has 0 bridgehead atoms. The Bertz CT molecular complexity index is 619. The van der Waals surface area contributed by atoms with E-state index < -0.39 is 0 Å². The summed E-state index contributed by atoms with van der Waals surface area (Å²) in [5, 5.41) is 0. The maximum absolute atomic E-state index is 11.6. The van der Waals surface area contributed by atoms with Crippen molar-refractivity contribution >= 4 is 11.8 Å². The number of thioether (sulfide) groups is 1. The molecule has 1 aromatic heterocycles. The summed E-state index contributed by atoms with van der Waals surface area (Å²) in [6.07, 6.45) is 0. The number of hydrogen-bond acceptors (Lipinski definition) is 3. The molecule has 4 heteroatoms. The Balaban J connectivity index is 2.17. The van der Waals surface area contributed by atoms with Crippen molar-refractivity contribution in [2.75, 3.05) is 0 Å². The first-order valence-electron chi connectivity index (χ1n) is 5.83. The lowest BCUT2D eigenvalue weighted by molar-refractivity contribution is 0.942. The molecule has 0 radical (unpaired) electrons. The lowest BCUT2D eigenvalue weighted by Crippen LogP contribution is -2.15. The van der Waals surface area contributed by atoms with Crippen LogP contribution in [0.4, 0.5) is 0 Å². The Morgan fingerprint density at radius 3 is 2.61 bits per heavy atom. The number of H-pyrrole nitrogens is 1. The molecule has 0 aliphatic rings. The second-order valence-electron chi connectivity index (χ2n) is 4.28. The van der Waals surface area contributed by atoms with Gasteiger partial charge in [0.25, 0.3) is 5.56 Å². The van der Waals surface area contributed by atoms with Gasteiger partial charge >= 0.3 is 0 Å². The number of aromatic amines is 1. The zero-order valence-corrected chi connectivity index (χ0v) is 11.6. The fourth-order valence-corrected chi connectivity index (χ4v) is 2.54. The van der Waals surface area contributed by atoms with E-state index in [-0.39, 0.29) is 5.56 Å². The molecule has 0 spiro atoms. The SMILES string of the molecule is Cc1ccccc1SCc1nc(C)c(C)c(=O)[nH]1. The number of nitrogens with zero attached hydrogens (tertiary/aromatic N) is 1. The second-order valence-corrected chi connectivity index (χ2v) is 5.29. The Labute approximate surface area is 111 Å². The minimum Gasteiger partial charge on any atom is -0.310 e. The van der Waals surface area contributed by atoms with Crippen LogP contribution in [0.5, 0.6) is 0 Å². The summed E-state index contributed by atoms with van der Waals surface area (Å²) in [5.41, 5.74) is 2.70. The average molecular weight is 260 g/mol. The Hall–Kier alpha value is -1.55. The minimum atomic E-state index is -0.0390. The van der Waals surface area contributed by atoms with Gasteiger partial charge in [-0.3, -0.25) is 4.79 Å². The van der Waals surface area contributed by atoms with Crippen LogP contribution in [0.25, 0.3) is 0 Å². The molecule has 1 aromatic carbocycles. The number of aromatic nitrogens is 2. The summed E-state index contributed by atoms with van der Waals surface area (Å²) in [6, 6.07) is 8.21. The van der Waals surface area contributed by atoms with Gasteiger partial charge in [-0.2, -0.15) is 0 Å². The molecular weight excluding hydrogens is 244 g/mol. The normalized spacial score (nSPS) is 10.6. The van der Waals surface area contributed by atoms with Gasteiger partial charge in [0.2, 0.25) is 0 Å². The predicted octanol–water partition coefficient (Wildman–Crippen LogP) is 2.99. The quantitative estimate of drug-likeness (QED) is 0.863. The summed E-state index contributed by atoms with van der Waals surface area (Å²) >= 11 is 1.69. The predicted molar refractivity (Wildman–Crippen MR) is 75.1 cm³/mol. The molecule has 0 aliphatic carbocycles. The summed E-state index contributed by atoms with van der Waals surface area (Å²) in [7, 11) is 0. The van der Waals surface area contributed by atoms with Crippen molar-refractivity contribution in [3.63, 3.8) is 0 Å². The maximum Gasteiger partial charge on any atom is 0.254 e. The van der Waals surface area contributed by atoms with Crippen molar-refractivity contribution in [1.82, 2.24) is 9.97 Å². The van der Waals surface area contributed by atoms with Crippen LogP contribution in [0, 0.1) is 20.8 Å². The van der Waals surface area contributed by atoms with Crippen molar-refractivity contribution in [2.24, 2.45) is 0 Å². The molecule has 94 valence electrons. The van der Waals surface area contributed by atoms with Crippen molar-refractivity contribution in [3.05, 3.63) is 57.3 Å². The maximum atomic E-state index is 11.6. The smallest absolute Gasteiger partial charge is 0.254 e. The molecule has 3 nitrogen and oxygen atoms in total. The third-order valence-electron chi connectivity index (χ3n) is 2.90. The molecular formula is C14H16N2OS. The molecule has 0 fully saturated rings. The largest absolute Gasteiger partial charge is 0.310 e. The highest BCUT2D eigenvalue weighted by Gasteiger charge is 2.05. The van der Waals surface area contributed by atoms with Crippen LogP contribution in [0.2, 0.25) is 0 Å². The topological polar surface area (TPSA) is 45.8 Å². The zero-order chi connectivity index (χ0) is 13.1. The lowest BCUT2D eigenvalue weighted by atomic mass is 10.2. The Kier molecular flexibility index (Phi) is 3.87. The van der Waals surface area contributed by atoms with Gasteiger partial charge in [0, 0.05) is 16.2 Å². The molecule has 2 aromatic rings. The van der Waals surface area contributed by atoms with Crippen LogP contribution in [0.1, 0.15) is 22.6 Å². The van der Waals surface area contributed by atoms with Gasteiger partial charge in [0.15, 0.2) is 0 Å². The molecule has 0 aliphatic heterocycles. The van der Waals surface area contributed by atoms with Crippen LogP contribution in [-0.2, 0) is 5.75 Å². The highest BCUT2D eigenvalue weighted by atomic mass is 32.2. The molecule has 0 atom stereocenters. The van der Waals surface area contributed by atoms with E-state index in [0.717, 1.165) is 11.5 Å². The number of nitrogens with one attached hydrogen (secondary N) is 1. The van der Waals surface area contributed by atoms with Gasteiger partial charge in [0.05, 0.1) is 5.75 Å². The van der Waals surface area contributed by atoms with Gasteiger partial charge in [-0.25, -0.2) is 4.98 Å². The fraction of sp³-hybridized carbons (Fsp3) is 0.286. The fourth-order valence-electron chi connectivity index (χ4n) is 1.64. The number of benzene rings is 1. The molecule has 18 heavy (non-hydrogen) atoms. The van der Waals surface area contributed by atoms with Crippen LogP contribution in [0.3, 0.4) is 0 Å². The second kappa shape index (κ2) is 5.40. The molecule has 0 saturated carbocycles. The molecule has 1 N–H and O–H groups in total. The van der Waals surface area contributed by atoms with Crippen LogP contribution in [-0.4, -0.2) is 9.97 Å². The molecule has 0 amide bonds. The first-order chi connectivity index (χ1) is 8.58. The third kappa shape index (κ3) is 2.82. The molecule has 2 rings (SSSR count). The lowest BCUT2D eigenvalue weighted by Gasteiger charge is -2.06. The van der Waals surface area contributed by atoms with Crippen molar-refractivity contribution in [1.29, 1.82) is 0 Å². The van der Waals surface area contributed by atoms with E-state index in [1.54, 1.807) is 18.7 Å². The van der Waals surface area contributed by atoms with Crippen molar-refractivity contribution in [3.8, 4) is 0 Å². The van der Waals surface area contributed by atoms with Gasteiger partial charge in [0.1, 0.15) is 5.82 Å². The van der Waals surface area contributed by atoms with E-state index >= 15 is 0 Å². The monoisotopic (exact) mass is 260 g/mol. The van der Waals surface area contributed by atoms with Crippen molar-refractivity contribution in [2.45, 2.75) is 31.4 Å². The first kappa shape index (κ1) is 12.9. The highest BCUT2D eigenvalue weighted by Crippen LogP contribution is 2.24. The van der Waals surface area contributed by atoms with Gasteiger partial charge in [-0.1, -0.05) is 18.2 Å². The zero-order valence-electron chi connectivity index (χ0n) is 10.8. The van der Waals surface area contributed by atoms with E-state index in [9.17, 15) is 4.79 Å². The first-order valence-corrected chi connectivity index (χ1v) is 6.81. The Morgan fingerprint density at radius 1 is 1.22 bits per heavy atom. The Morgan fingerprint density at radius 2 is 1.94 bits per heavy atom. The van der Waals surface area contributed by atoms with Gasteiger partial charge in [-0.15, -0.1) is 11.8 Å². The highest BCUT2D eigenvalue weighted by molar-refractivity contribution is 7.98. The van der Waals surface area contributed by atoms with Crippen LogP contribution in [0.15, 0.2) is 34.0 Å². The van der Waals surface area contributed by atoms with Crippen molar-refractivity contribution < 1.29 is 0 Å². The number of hydrogen-bond donors (Lipinski definition) is 1. The molecule has 0 unspecified atom stereocenters. The third-order valence-corrected chi connectivity index (χ3v) is 4.09. The summed E-state index contributed by atoms with van der Waals surface area (Å²) in [6.45, 7) is 5.74. The summed E-state index contributed by atoms with van der Waals surface area (Å²) in [4.78, 5) is 20.1. The average Bonchev–Trinajstić information content (AvgIpc) is 2.35. The van der Waals surface area contributed by atoms with E-state index in [4.69, 9.17) is 0 Å². The minimum absolute atomic E-state index is 0.0390. The number of rotatable bonds is 3. The summed E-state index contributed by atoms with van der Waals surface area (Å²) < 4.78 is 0. The van der Waals surface area contributed by atoms with E-state index in [1.165, 1.54) is 10.5 Å². The van der Waals surface area contributed by atoms with E-state index in [1.807, 2.05) is 19.1 Å². The van der Waals surface area contributed by atoms with Crippen LogP contribution < -0.4 is 5.56 Å². The van der Waals surface area contributed by atoms with Gasteiger partial charge in [-0.05, 0) is 32.4 Å². The van der Waals surface area contributed by atoms with Gasteiger partial charge < -0.3 is 4.98 Å². The van der Waals surface area contributed by atoms with E-state index in [2.05, 4.69) is 29.0 Å². The number of aryl methyl sites for hydroxylation is 2. The molecule has 0 saturated heterocycles. The standard InChI is InChI=1S/C14H16N2OS/c1-9-6-4-5-7-12(9)18-8-13-15-11(3)10(2)14(17)16-13/h4-7H,8H2,1-3H3,(H,15,16,17).